The van der Waals surface area contributed by atoms with E-state index in [9.17, 15) is 0 Å². The lowest BCUT2D eigenvalue weighted by molar-refractivity contribution is 0.184. The van der Waals surface area contributed by atoms with Crippen LogP contribution in [0.15, 0.2) is 24.3 Å². The summed E-state index contributed by atoms with van der Waals surface area (Å²) < 4.78 is 10.2. The summed E-state index contributed by atoms with van der Waals surface area (Å²) in [6, 6.07) is 8.58. The lowest BCUT2D eigenvalue weighted by Crippen LogP contribution is -2.26. The molecule has 1 unspecified atom stereocenters. The summed E-state index contributed by atoms with van der Waals surface area (Å²) in [6.45, 7) is 3.83. The lowest BCUT2D eigenvalue weighted by atomic mass is 10.2. The fraction of sp³-hybridized carbons (Fsp3) is 0.538. The monoisotopic (exact) mass is 223 g/mol. The van der Waals surface area contributed by atoms with Crippen molar-refractivity contribution >= 4 is 0 Å². The van der Waals surface area contributed by atoms with E-state index < -0.39 is 0 Å². The Balaban J connectivity index is 2.35. The largest absolute Gasteiger partial charge is 0.497 e. The Hall–Kier alpha value is -1.06. The van der Waals surface area contributed by atoms with Crippen LogP contribution in [0.1, 0.15) is 18.9 Å². The maximum absolute atomic E-state index is 5.18. The van der Waals surface area contributed by atoms with Crippen molar-refractivity contribution in [1.82, 2.24) is 5.32 Å². The Labute approximate surface area is 97.8 Å². The van der Waals surface area contributed by atoms with Crippen molar-refractivity contribution in [3.05, 3.63) is 29.8 Å². The van der Waals surface area contributed by atoms with Crippen molar-refractivity contribution in [2.45, 2.75) is 25.9 Å². The summed E-state index contributed by atoms with van der Waals surface area (Å²) in [5.41, 5.74) is 1.24. The number of benzene rings is 1. The van der Waals surface area contributed by atoms with Crippen LogP contribution in [0.5, 0.6) is 5.75 Å². The van der Waals surface area contributed by atoms with Gasteiger partial charge in [0.05, 0.1) is 7.11 Å². The Kier molecular flexibility index (Phi) is 5.90. The van der Waals surface area contributed by atoms with Crippen LogP contribution in [0.2, 0.25) is 0 Å². The molecule has 0 fully saturated rings. The van der Waals surface area contributed by atoms with E-state index in [0.29, 0.717) is 6.04 Å². The van der Waals surface area contributed by atoms with Crippen LogP contribution in [0.4, 0.5) is 0 Å². The van der Waals surface area contributed by atoms with Gasteiger partial charge in [-0.15, -0.1) is 0 Å². The van der Waals surface area contributed by atoms with Crippen LogP contribution in [-0.2, 0) is 11.3 Å². The molecule has 0 aliphatic rings. The van der Waals surface area contributed by atoms with Crippen molar-refractivity contribution < 1.29 is 9.47 Å². The van der Waals surface area contributed by atoms with Gasteiger partial charge in [-0.3, -0.25) is 0 Å². The zero-order valence-electron chi connectivity index (χ0n) is 10.3. The molecule has 3 nitrogen and oxygen atoms in total. The third kappa shape index (κ3) is 4.64. The van der Waals surface area contributed by atoms with Gasteiger partial charge in [-0.1, -0.05) is 12.1 Å². The lowest BCUT2D eigenvalue weighted by Gasteiger charge is -2.13. The third-order valence-corrected chi connectivity index (χ3v) is 2.54. The number of ether oxygens (including phenoxy) is 2. The van der Waals surface area contributed by atoms with E-state index in [1.54, 1.807) is 14.2 Å². The minimum absolute atomic E-state index is 0.464. The summed E-state index contributed by atoms with van der Waals surface area (Å²) in [7, 11) is 3.42. The van der Waals surface area contributed by atoms with Crippen LogP contribution >= 0.6 is 0 Å². The van der Waals surface area contributed by atoms with Crippen LogP contribution in [0.25, 0.3) is 0 Å². The van der Waals surface area contributed by atoms with Gasteiger partial charge in [0.1, 0.15) is 5.75 Å². The van der Waals surface area contributed by atoms with Gasteiger partial charge in [-0.25, -0.2) is 0 Å². The van der Waals surface area contributed by atoms with E-state index in [1.165, 1.54) is 5.56 Å². The Morgan fingerprint density at radius 1 is 1.31 bits per heavy atom. The number of hydrogen-bond acceptors (Lipinski definition) is 3. The molecule has 0 aliphatic heterocycles. The highest BCUT2D eigenvalue weighted by molar-refractivity contribution is 5.28. The first kappa shape index (κ1) is 13.0. The van der Waals surface area contributed by atoms with Crippen molar-refractivity contribution in [2.75, 3.05) is 20.8 Å². The summed E-state index contributed by atoms with van der Waals surface area (Å²) in [5, 5.41) is 3.45. The van der Waals surface area contributed by atoms with E-state index >= 15 is 0 Å². The number of rotatable bonds is 7. The molecule has 0 heterocycles. The molecule has 1 atom stereocenters. The van der Waals surface area contributed by atoms with Crippen molar-refractivity contribution in [1.29, 1.82) is 0 Å². The standard InChI is InChI=1S/C13H21NO2/c1-11(7-8-15-2)14-10-12-5-4-6-13(9-12)16-3/h4-6,9,11,14H,7-8,10H2,1-3H3. The summed E-state index contributed by atoms with van der Waals surface area (Å²) in [4.78, 5) is 0. The van der Waals surface area contributed by atoms with Gasteiger partial charge in [0, 0.05) is 26.3 Å². The zero-order chi connectivity index (χ0) is 11.8. The van der Waals surface area contributed by atoms with Crippen molar-refractivity contribution in [3.63, 3.8) is 0 Å². The topological polar surface area (TPSA) is 30.5 Å². The van der Waals surface area contributed by atoms with Crippen molar-refractivity contribution in [3.8, 4) is 5.75 Å². The number of nitrogens with one attached hydrogen (secondary N) is 1. The first-order valence-electron chi connectivity index (χ1n) is 5.61. The predicted octanol–water partition coefficient (Wildman–Crippen LogP) is 2.21. The highest BCUT2D eigenvalue weighted by Gasteiger charge is 2.01. The molecule has 0 aromatic heterocycles. The molecule has 1 N–H and O–H groups in total. The molecule has 90 valence electrons. The normalized spacial score (nSPS) is 12.4. The van der Waals surface area contributed by atoms with Crippen LogP contribution in [0, 0.1) is 0 Å². The maximum atomic E-state index is 5.18. The van der Waals surface area contributed by atoms with Crippen LogP contribution in [0.3, 0.4) is 0 Å². The molecule has 0 saturated heterocycles. The SMILES string of the molecule is COCCC(C)NCc1cccc(OC)c1. The number of methoxy groups -OCH3 is 2. The average molecular weight is 223 g/mol. The molecule has 0 spiro atoms. The summed E-state index contributed by atoms with van der Waals surface area (Å²) in [5.74, 6) is 0.906. The molecule has 0 amide bonds. The molecule has 1 rings (SSSR count). The van der Waals surface area contributed by atoms with Crippen LogP contribution in [-0.4, -0.2) is 26.9 Å². The fourth-order valence-corrected chi connectivity index (χ4v) is 1.47. The molecule has 0 aliphatic carbocycles. The minimum atomic E-state index is 0.464. The average Bonchev–Trinajstić information content (AvgIpc) is 2.34. The Bertz CT molecular complexity index is 302. The van der Waals surface area contributed by atoms with Gasteiger partial charge in [-0.05, 0) is 31.0 Å². The van der Waals surface area contributed by atoms with Gasteiger partial charge >= 0.3 is 0 Å². The molecular weight excluding hydrogens is 202 g/mol. The first-order chi connectivity index (χ1) is 7.76. The predicted molar refractivity (Wildman–Crippen MR) is 65.8 cm³/mol. The van der Waals surface area contributed by atoms with Crippen molar-refractivity contribution in [2.24, 2.45) is 0 Å². The highest BCUT2D eigenvalue weighted by atomic mass is 16.5. The Morgan fingerprint density at radius 2 is 2.12 bits per heavy atom. The number of hydrogen-bond donors (Lipinski definition) is 1. The molecule has 3 heteroatoms. The maximum Gasteiger partial charge on any atom is 0.119 e. The van der Waals surface area contributed by atoms with Gasteiger partial charge in [0.25, 0.3) is 0 Å². The molecular formula is C13H21NO2. The summed E-state index contributed by atoms with van der Waals surface area (Å²) >= 11 is 0. The summed E-state index contributed by atoms with van der Waals surface area (Å²) in [6.07, 6.45) is 1.03. The van der Waals surface area contributed by atoms with Gasteiger partial charge in [-0.2, -0.15) is 0 Å². The van der Waals surface area contributed by atoms with Gasteiger partial charge in [0.15, 0.2) is 0 Å². The van der Waals surface area contributed by atoms with E-state index in [0.717, 1.165) is 25.3 Å². The molecule has 16 heavy (non-hydrogen) atoms. The van der Waals surface area contributed by atoms with E-state index in [2.05, 4.69) is 24.4 Å². The van der Waals surface area contributed by atoms with Gasteiger partial charge < -0.3 is 14.8 Å². The highest BCUT2D eigenvalue weighted by Crippen LogP contribution is 2.12. The fourth-order valence-electron chi connectivity index (χ4n) is 1.47. The minimum Gasteiger partial charge on any atom is -0.497 e. The first-order valence-corrected chi connectivity index (χ1v) is 5.61. The second-order valence-electron chi connectivity index (χ2n) is 3.91. The quantitative estimate of drug-likeness (QED) is 0.768. The molecule has 1 aromatic carbocycles. The van der Waals surface area contributed by atoms with E-state index in [-0.39, 0.29) is 0 Å². The second-order valence-corrected chi connectivity index (χ2v) is 3.91. The molecule has 0 saturated carbocycles. The Morgan fingerprint density at radius 3 is 2.81 bits per heavy atom. The van der Waals surface area contributed by atoms with Gasteiger partial charge in [0.2, 0.25) is 0 Å². The molecule has 0 bridgehead atoms. The zero-order valence-corrected chi connectivity index (χ0v) is 10.3. The molecule has 1 aromatic rings. The third-order valence-electron chi connectivity index (χ3n) is 2.54. The van der Waals surface area contributed by atoms with E-state index in [1.807, 2.05) is 12.1 Å². The van der Waals surface area contributed by atoms with Crippen LogP contribution < -0.4 is 10.1 Å². The second kappa shape index (κ2) is 7.25. The smallest absolute Gasteiger partial charge is 0.119 e. The molecule has 0 radical (unpaired) electrons. The van der Waals surface area contributed by atoms with E-state index in [4.69, 9.17) is 9.47 Å².